The highest BCUT2D eigenvalue weighted by molar-refractivity contribution is 7.96. The summed E-state index contributed by atoms with van der Waals surface area (Å²) in [5.74, 6) is 10.5. The van der Waals surface area contributed by atoms with Crippen LogP contribution in [0.1, 0.15) is 22.3 Å². The maximum Gasteiger partial charge on any atom is 0.214 e. The van der Waals surface area contributed by atoms with Crippen LogP contribution < -0.4 is 0 Å². The maximum atomic E-state index is 13.5. The third kappa shape index (κ3) is 7.07. The summed E-state index contributed by atoms with van der Waals surface area (Å²) in [4.78, 5) is -0.0815. The van der Waals surface area contributed by atoms with Crippen LogP contribution in [-0.2, 0) is 19.7 Å². The van der Waals surface area contributed by atoms with Gasteiger partial charge in [0.05, 0.1) is 9.79 Å². The first-order valence-corrected chi connectivity index (χ1v) is 15.3. The van der Waals surface area contributed by atoms with Crippen LogP contribution in [0.3, 0.4) is 0 Å². The van der Waals surface area contributed by atoms with E-state index in [0.29, 0.717) is 11.1 Å². The Hall–Kier alpha value is -4.62. The summed E-state index contributed by atoms with van der Waals surface area (Å²) in [6.07, 6.45) is 2.96. The molecule has 0 bridgehead atoms. The van der Waals surface area contributed by atoms with Crippen LogP contribution in [-0.4, -0.2) is 16.8 Å². The Bertz CT molecular complexity index is 1750. The van der Waals surface area contributed by atoms with Gasteiger partial charge in [-0.1, -0.05) is 96.1 Å². The molecule has 0 saturated carbocycles. The summed E-state index contributed by atoms with van der Waals surface area (Å²) in [5, 5.41) is 0. The van der Waals surface area contributed by atoms with Gasteiger partial charge in [0.2, 0.25) is 19.7 Å². The van der Waals surface area contributed by atoms with Gasteiger partial charge in [-0.25, -0.2) is 16.8 Å². The lowest BCUT2D eigenvalue weighted by Crippen LogP contribution is -2.04. The molecule has 0 N–H and O–H groups in total. The molecule has 0 aliphatic heterocycles. The Balaban J connectivity index is 1.80. The molecular formula is C34H26O4S2. The topological polar surface area (TPSA) is 68.3 Å². The van der Waals surface area contributed by atoms with Crippen LogP contribution in [0.25, 0.3) is 12.2 Å². The molecule has 0 spiro atoms. The van der Waals surface area contributed by atoms with E-state index in [2.05, 4.69) is 23.7 Å². The molecule has 0 aromatic heterocycles. The lowest BCUT2D eigenvalue weighted by Gasteiger charge is -2.05. The molecule has 4 aromatic rings. The molecule has 40 heavy (non-hydrogen) atoms. The lowest BCUT2D eigenvalue weighted by atomic mass is 10.2. The molecule has 0 heterocycles. The minimum atomic E-state index is -3.95. The second kappa shape index (κ2) is 12.5. The highest BCUT2D eigenvalue weighted by Gasteiger charge is 2.20. The van der Waals surface area contributed by atoms with Crippen molar-refractivity contribution in [3.05, 3.63) is 141 Å². The highest BCUT2D eigenvalue weighted by Crippen LogP contribution is 2.23. The average Bonchev–Trinajstić information content (AvgIpc) is 2.95. The van der Waals surface area contributed by atoms with Crippen molar-refractivity contribution in [2.75, 3.05) is 0 Å². The van der Waals surface area contributed by atoms with Crippen molar-refractivity contribution in [2.24, 2.45) is 0 Å². The van der Waals surface area contributed by atoms with Crippen molar-refractivity contribution >= 4 is 31.8 Å². The normalized spacial score (nSPS) is 12.1. The van der Waals surface area contributed by atoms with E-state index in [1.807, 2.05) is 26.0 Å². The van der Waals surface area contributed by atoms with Gasteiger partial charge in [0.15, 0.2) is 0 Å². The van der Waals surface area contributed by atoms with Gasteiger partial charge in [-0.05, 0) is 85.1 Å². The van der Waals surface area contributed by atoms with E-state index in [4.69, 9.17) is 0 Å². The van der Waals surface area contributed by atoms with E-state index in [0.717, 1.165) is 11.1 Å². The van der Waals surface area contributed by atoms with E-state index in [1.165, 1.54) is 36.4 Å². The van der Waals surface area contributed by atoms with Crippen LogP contribution in [0, 0.1) is 37.5 Å². The smallest absolute Gasteiger partial charge is 0.214 e. The summed E-state index contributed by atoms with van der Waals surface area (Å²) in [5.41, 5.74) is 3.16. The van der Waals surface area contributed by atoms with Crippen LogP contribution in [0.2, 0.25) is 0 Å². The Morgan fingerprint density at radius 3 is 1.15 bits per heavy atom. The molecule has 198 valence electrons. The van der Waals surface area contributed by atoms with Crippen LogP contribution in [0.4, 0.5) is 0 Å². The monoisotopic (exact) mass is 562 g/mol. The fraction of sp³-hybridized carbons (Fsp3) is 0.0588. The number of sulfone groups is 2. The Labute approximate surface area is 236 Å². The molecule has 4 rings (SSSR count). The number of aryl methyl sites for hydroxylation is 2. The zero-order valence-electron chi connectivity index (χ0n) is 22.0. The number of hydrogen-bond acceptors (Lipinski definition) is 4. The fourth-order valence-corrected chi connectivity index (χ4v) is 6.09. The molecule has 0 radical (unpaired) electrons. The minimum absolute atomic E-state index is 0.106. The quantitative estimate of drug-likeness (QED) is 0.247. The van der Waals surface area contributed by atoms with Crippen LogP contribution in [0.15, 0.2) is 129 Å². The summed E-state index contributed by atoms with van der Waals surface area (Å²) < 4.78 is 53.9. The molecule has 4 nitrogen and oxygen atoms in total. The molecule has 0 saturated heterocycles. The third-order valence-electron chi connectivity index (χ3n) is 5.87. The Morgan fingerprint density at radius 1 is 0.500 bits per heavy atom. The first kappa shape index (κ1) is 28.4. The summed E-state index contributed by atoms with van der Waals surface area (Å²) in [6.45, 7) is 3.75. The highest BCUT2D eigenvalue weighted by atomic mass is 32.2. The SMILES string of the molecule is Cc1ccc(S(=O)(=O)/C(C#CC#C/C(=C\c2ccccc2)S(=O)(=O)c2ccc(C)cc2)=C\c2ccccc2)cc1. The van der Waals surface area contributed by atoms with Gasteiger partial charge in [0.25, 0.3) is 0 Å². The van der Waals surface area contributed by atoms with Gasteiger partial charge >= 0.3 is 0 Å². The molecule has 0 aliphatic rings. The van der Waals surface area contributed by atoms with E-state index in [9.17, 15) is 16.8 Å². The first-order chi connectivity index (χ1) is 19.2. The van der Waals surface area contributed by atoms with Gasteiger partial charge in [0.1, 0.15) is 9.81 Å². The van der Waals surface area contributed by atoms with Gasteiger partial charge in [-0.15, -0.1) is 0 Å². The van der Waals surface area contributed by atoms with Gasteiger partial charge in [-0.2, -0.15) is 0 Å². The van der Waals surface area contributed by atoms with E-state index < -0.39 is 19.7 Å². The van der Waals surface area contributed by atoms with E-state index >= 15 is 0 Å². The predicted octanol–water partition coefficient (Wildman–Crippen LogP) is 6.64. The van der Waals surface area contributed by atoms with Gasteiger partial charge < -0.3 is 0 Å². The number of allylic oxidation sites excluding steroid dienone is 2. The average molecular weight is 563 g/mol. The number of benzene rings is 4. The molecule has 0 unspecified atom stereocenters. The zero-order chi connectivity index (χ0) is 28.6. The number of rotatable bonds is 6. The predicted molar refractivity (Wildman–Crippen MR) is 161 cm³/mol. The fourth-order valence-electron chi connectivity index (χ4n) is 3.64. The Kier molecular flexibility index (Phi) is 8.86. The molecule has 6 heteroatoms. The summed E-state index contributed by atoms with van der Waals surface area (Å²) >= 11 is 0. The lowest BCUT2D eigenvalue weighted by molar-refractivity contribution is 0.601. The maximum absolute atomic E-state index is 13.5. The van der Waals surface area contributed by atoms with Gasteiger partial charge in [0, 0.05) is 0 Å². The largest absolute Gasteiger partial charge is 0.218 e. The van der Waals surface area contributed by atoms with Crippen molar-refractivity contribution in [1.29, 1.82) is 0 Å². The molecule has 0 amide bonds. The molecule has 0 aliphatic carbocycles. The molecule has 0 atom stereocenters. The van der Waals surface area contributed by atoms with Crippen molar-refractivity contribution in [3.63, 3.8) is 0 Å². The molecule has 0 fully saturated rings. The second-order valence-electron chi connectivity index (χ2n) is 8.97. The van der Waals surface area contributed by atoms with Crippen LogP contribution >= 0.6 is 0 Å². The van der Waals surface area contributed by atoms with Crippen LogP contribution in [0.5, 0.6) is 0 Å². The molecular weight excluding hydrogens is 537 g/mol. The zero-order valence-corrected chi connectivity index (χ0v) is 23.6. The summed E-state index contributed by atoms with van der Waals surface area (Å²) in [7, 11) is -7.91. The third-order valence-corrected chi connectivity index (χ3v) is 9.25. The van der Waals surface area contributed by atoms with E-state index in [1.54, 1.807) is 72.8 Å². The van der Waals surface area contributed by atoms with Crippen molar-refractivity contribution in [2.45, 2.75) is 23.6 Å². The summed E-state index contributed by atoms with van der Waals surface area (Å²) in [6, 6.07) is 30.9. The van der Waals surface area contributed by atoms with Crippen molar-refractivity contribution in [3.8, 4) is 23.7 Å². The van der Waals surface area contributed by atoms with Crippen molar-refractivity contribution < 1.29 is 16.8 Å². The molecule has 4 aromatic carbocycles. The standard InChI is InChI=1S/C34H26O4S2/c1-27-17-21-31(22-18-27)39(35,36)33(25-29-11-5-3-6-12-29)15-9-10-16-34(26-30-13-7-4-8-14-30)40(37,38)32-23-19-28(2)20-24-32/h3-8,11-14,17-26H,1-2H3/b33-25-,34-26+. The minimum Gasteiger partial charge on any atom is -0.218 e. The van der Waals surface area contributed by atoms with Crippen molar-refractivity contribution in [1.82, 2.24) is 0 Å². The second-order valence-corrected chi connectivity index (χ2v) is 12.8. The Morgan fingerprint density at radius 2 is 0.825 bits per heavy atom. The number of hydrogen-bond donors (Lipinski definition) is 0. The van der Waals surface area contributed by atoms with E-state index in [-0.39, 0.29) is 19.6 Å². The van der Waals surface area contributed by atoms with Gasteiger partial charge in [-0.3, -0.25) is 0 Å². The first-order valence-electron chi connectivity index (χ1n) is 12.4.